The number of hydrogen-bond donors (Lipinski definition) is 2. The lowest BCUT2D eigenvalue weighted by Crippen LogP contribution is -2.21. The molecule has 0 aliphatic heterocycles. The molecule has 1 unspecified atom stereocenters. The molecular weight excluding hydrogens is 356 g/mol. The molecule has 11 heteroatoms. The lowest BCUT2D eigenvalue weighted by atomic mass is 10.4. The summed E-state index contributed by atoms with van der Waals surface area (Å²) in [6, 6.07) is 0. The van der Waals surface area contributed by atoms with Crippen LogP contribution < -0.4 is 11.1 Å². The fourth-order valence-electron chi connectivity index (χ4n) is 2.10. The van der Waals surface area contributed by atoms with E-state index >= 15 is 0 Å². The Morgan fingerprint density at radius 1 is 1.22 bits per heavy atom. The molecule has 11 nitrogen and oxygen atoms in total. The van der Waals surface area contributed by atoms with Crippen LogP contribution in [0.4, 0.5) is 11.8 Å². The highest BCUT2D eigenvalue weighted by Gasteiger charge is 2.21. The Hall–Kier alpha value is -2.95. The van der Waals surface area contributed by atoms with E-state index in [2.05, 4.69) is 20.3 Å². The van der Waals surface area contributed by atoms with E-state index in [-0.39, 0.29) is 31.4 Å². The molecule has 0 radical (unpaired) electrons. The van der Waals surface area contributed by atoms with E-state index in [0.717, 1.165) is 0 Å². The molecule has 2 rings (SSSR count). The highest BCUT2D eigenvalue weighted by Crippen LogP contribution is 2.23. The number of nitrogens with zero attached hydrogens (tertiary/aromatic N) is 4. The molecule has 0 spiro atoms. The second-order valence-electron chi connectivity index (χ2n) is 5.46. The molecule has 0 saturated carbocycles. The summed E-state index contributed by atoms with van der Waals surface area (Å²) >= 11 is 0. The van der Waals surface area contributed by atoms with Gasteiger partial charge in [-0.25, -0.2) is 4.98 Å². The van der Waals surface area contributed by atoms with E-state index in [0.29, 0.717) is 30.0 Å². The molecule has 0 aromatic carbocycles. The molecule has 27 heavy (non-hydrogen) atoms. The van der Waals surface area contributed by atoms with Crippen molar-refractivity contribution >= 4 is 34.9 Å². The summed E-state index contributed by atoms with van der Waals surface area (Å²) in [4.78, 5) is 35.5. The zero-order valence-electron chi connectivity index (χ0n) is 15.6. The second kappa shape index (κ2) is 9.67. The first kappa shape index (κ1) is 20.4. The fraction of sp³-hybridized carbons (Fsp3) is 0.562. The van der Waals surface area contributed by atoms with Gasteiger partial charge in [-0.05, 0) is 0 Å². The zero-order chi connectivity index (χ0) is 19.8. The monoisotopic (exact) mass is 380 g/mol. The second-order valence-corrected chi connectivity index (χ2v) is 5.46. The number of imidazole rings is 1. The third kappa shape index (κ3) is 5.26. The van der Waals surface area contributed by atoms with Crippen molar-refractivity contribution < 1.29 is 23.8 Å². The molecule has 3 N–H and O–H groups in total. The van der Waals surface area contributed by atoms with E-state index in [9.17, 15) is 9.59 Å². The largest absolute Gasteiger partial charge is 0.466 e. The van der Waals surface area contributed by atoms with Gasteiger partial charge in [-0.15, -0.1) is 0 Å². The lowest BCUT2D eigenvalue weighted by Gasteiger charge is -2.19. The van der Waals surface area contributed by atoms with E-state index in [1.165, 1.54) is 10.9 Å². The molecule has 148 valence electrons. The third-order valence-corrected chi connectivity index (χ3v) is 3.52. The Labute approximate surface area is 156 Å². The number of nitrogen functional groups attached to an aromatic ring is 1. The normalized spacial score (nSPS) is 12.0. The number of anilines is 2. The first-order valence-corrected chi connectivity index (χ1v) is 8.64. The quantitative estimate of drug-likeness (QED) is 0.351. The smallest absolute Gasteiger partial charge is 0.309 e. The molecule has 2 aromatic heterocycles. The standard InChI is InChI=1S/C16H24N6O5/c1-4-10(23)25-7-6-8-26-16(27-11(24)5-2)22-9-19-12-13(17)20-15(18-3)21-14(12)22/h9,16H,4-8H2,1-3H3,(H3,17,18,20,21). The molecule has 0 bridgehead atoms. The predicted molar refractivity (Wildman–Crippen MR) is 96.5 cm³/mol. The Balaban J connectivity index is 2.16. The van der Waals surface area contributed by atoms with Crippen LogP contribution in [0.15, 0.2) is 6.33 Å². The summed E-state index contributed by atoms with van der Waals surface area (Å²) in [5.41, 5.74) is 6.62. The third-order valence-electron chi connectivity index (χ3n) is 3.52. The van der Waals surface area contributed by atoms with Crippen molar-refractivity contribution in [3.63, 3.8) is 0 Å². The Kier molecular flexibility index (Phi) is 7.29. The minimum Gasteiger partial charge on any atom is -0.466 e. The maximum absolute atomic E-state index is 11.8. The van der Waals surface area contributed by atoms with Gasteiger partial charge < -0.3 is 25.3 Å². The molecule has 0 fully saturated rings. The molecular formula is C16H24N6O5. The summed E-state index contributed by atoms with van der Waals surface area (Å²) in [6.45, 7) is 3.80. The van der Waals surface area contributed by atoms with Gasteiger partial charge in [-0.1, -0.05) is 13.8 Å². The molecule has 1 atom stereocenters. The number of nitrogens with one attached hydrogen (secondary N) is 1. The van der Waals surface area contributed by atoms with Crippen molar-refractivity contribution in [3.05, 3.63) is 6.33 Å². The van der Waals surface area contributed by atoms with Crippen LogP contribution >= 0.6 is 0 Å². The Morgan fingerprint density at radius 2 is 1.96 bits per heavy atom. The van der Waals surface area contributed by atoms with Gasteiger partial charge >= 0.3 is 11.9 Å². The zero-order valence-corrected chi connectivity index (χ0v) is 15.6. The van der Waals surface area contributed by atoms with Gasteiger partial charge in [0.05, 0.1) is 13.2 Å². The molecule has 2 heterocycles. The fourth-order valence-corrected chi connectivity index (χ4v) is 2.10. The molecule has 0 saturated heterocycles. The topological polar surface area (TPSA) is 143 Å². The summed E-state index contributed by atoms with van der Waals surface area (Å²) in [5.74, 6) is -0.240. The molecule has 0 aliphatic rings. The first-order valence-electron chi connectivity index (χ1n) is 8.64. The molecule has 0 aliphatic carbocycles. The van der Waals surface area contributed by atoms with Crippen molar-refractivity contribution in [2.45, 2.75) is 39.5 Å². The Morgan fingerprint density at radius 3 is 2.63 bits per heavy atom. The van der Waals surface area contributed by atoms with Crippen molar-refractivity contribution in [3.8, 4) is 0 Å². The van der Waals surface area contributed by atoms with Gasteiger partial charge in [0.2, 0.25) is 5.95 Å². The van der Waals surface area contributed by atoms with Crippen LogP contribution in [0, 0.1) is 0 Å². The number of rotatable bonds is 10. The van der Waals surface area contributed by atoms with Gasteiger partial charge in [-0.3, -0.25) is 14.2 Å². The highest BCUT2D eigenvalue weighted by molar-refractivity contribution is 5.83. The number of fused-ring (bicyclic) bond motifs is 1. The summed E-state index contributed by atoms with van der Waals surface area (Å²) < 4.78 is 17.5. The van der Waals surface area contributed by atoms with Gasteiger partial charge in [-0.2, -0.15) is 9.97 Å². The van der Waals surface area contributed by atoms with Crippen LogP contribution in [0.5, 0.6) is 0 Å². The number of esters is 2. The maximum atomic E-state index is 11.8. The lowest BCUT2D eigenvalue weighted by molar-refractivity contribution is -0.201. The number of hydrogen-bond acceptors (Lipinski definition) is 10. The average molecular weight is 380 g/mol. The maximum Gasteiger partial charge on any atom is 0.309 e. The number of ether oxygens (including phenoxy) is 3. The van der Waals surface area contributed by atoms with Gasteiger partial charge in [0, 0.05) is 26.3 Å². The predicted octanol–water partition coefficient (Wildman–Crippen LogP) is 1.22. The van der Waals surface area contributed by atoms with Crippen LogP contribution in [-0.2, 0) is 23.8 Å². The van der Waals surface area contributed by atoms with Crippen LogP contribution in [0.3, 0.4) is 0 Å². The summed E-state index contributed by atoms with van der Waals surface area (Å²) in [6.07, 6.45) is 1.27. The van der Waals surface area contributed by atoms with Crippen LogP contribution in [0.1, 0.15) is 39.5 Å². The van der Waals surface area contributed by atoms with E-state index in [1.807, 2.05) is 0 Å². The number of aromatic nitrogens is 4. The molecule has 2 aromatic rings. The van der Waals surface area contributed by atoms with Crippen LogP contribution in [0.25, 0.3) is 11.2 Å². The SMILES string of the molecule is CCC(=O)OCCCOC(OC(=O)CC)n1cnc2c(N)nc(NC)nc21. The van der Waals surface area contributed by atoms with Crippen LogP contribution in [0.2, 0.25) is 0 Å². The van der Waals surface area contributed by atoms with Crippen molar-refractivity contribution in [1.29, 1.82) is 0 Å². The van der Waals surface area contributed by atoms with Gasteiger partial charge in [0.1, 0.15) is 6.33 Å². The van der Waals surface area contributed by atoms with Crippen molar-refractivity contribution in [2.75, 3.05) is 31.3 Å². The Bertz CT molecular complexity index is 793. The first-order chi connectivity index (χ1) is 13.0. The van der Waals surface area contributed by atoms with Crippen molar-refractivity contribution in [1.82, 2.24) is 19.5 Å². The summed E-state index contributed by atoms with van der Waals surface area (Å²) in [5, 5.41) is 2.80. The van der Waals surface area contributed by atoms with E-state index < -0.39 is 12.4 Å². The number of carbonyl (C=O) groups excluding carboxylic acids is 2. The summed E-state index contributed by atoms with van der Waals surface area (Å²) in [7, 11) is 1.66. The van der Waals surface area contributed by atoms with Gasteiger partial charge in [0.15, 0.2) is 17.0 Å². The minimum absolute atomic E-state index is 0.180. The molecule has 0 amide bonds. The average Bonchev–Trinajstić information content (AvgIpc) is 3.10. The van der Waals surface area contributed by atoms with Crippen molar-refractivity contribution in [2.24, 2.45) is 0 Å². The number of nitrogens with two attached hydrogens (primary N) is 1. The number of carbonyl (C=O) groups is 2. The minimum atomic E-state index is -1.08. The highest BCUT2D eigenvalue weighted by atomic mass is 16.7. The van der Waals surface area contributed by atoms with E-state index in [1.54, 1.807) is 20.9 Å². The van der Waals surface area contributed by atoms with Gasteiger partial charge in [0.25, 0.3) is 6.41 Å². The van der Waals surface area contributed by atoms with E-state index in [4.69, 9.17) is 19.9 Å². The van der Waals surface area contributed by atoms with Crippen LogP contribution in [-0.4, -0.2) is 51.7 Å².